The molecule has 0 aliphatic rings. The molecule has 0 aliphatic heterocycles. The van der Waals surface area contributed by atoms with Crippen LogP contribution in [0.15, 0.2) is 30.3 Å². The molecule has 1 aromatic carbocycles. The molecule has 0 fully saturated rings. The van der Waals surface area contributed by atoms with Gasteiger partial charge < -0.3 is 5.11 Å². The molecule has 12 heavy (non-hydrogen) atoms. The number of hydrogen-bond acceptors (Lipinski definition) is 1. The molecule has 1 aromatic rings. The Morgan fingerprint density at radius 1 is 1.25 bits per heavy atom. The number of aliphatic hydroxyl groups excluding tert-OH is 1. The first-order valence-corrected chi connectivity index (χ1v) is 4.31. The van der Waals surface area contributed by atoms with Gasteiger partial charge in [0.1, 0.15) is 0 Å². The lowest BCUT2D eigenvalue weighted by Crippen LogP contribution is -2.21. The van der Waals surface area contributed by atoms with Crippen LogP contribution in [0.3, 0.4) is 0 Å². The zero-order valence-electron chi connectivity index (χ0n) is 7.29. The van der Waals surface area contributed by atoms with E-state index in [2.05, 4.69) is 0 Å². The van der Waals surface area contributed by atoms with Crippen molar-refractivity contribution in [2.45, 2.75) is 24.8 Å². The summed E-state index contributed by atoms with van der Waals surface area (Å²) in [6.45, 7) is 3.60. The highest BCUT2D eigenvalue weighted by atomic mass is 35.5. The van der Waals surface area contributed by atoms with E-state index in [1.54, 1.807) is 13.8 Å². The molecule has 0 saturated carbocycles. The van der Waals surface area contributed by atoms with Crippen LogP contribution in [0.2, 0.25) is 0 Å². The number of alkyl halides is 1. The van der Waals surface area contributed by atoms with Gasteiger partial charge in [-0.15, -0.1) is 11.6 Å². The van der Waals surface area contributed by atoms with Gasteiger partial charge in [-0.05, 0) is 19.4 Å². The Hall–Kier alpha value is -0.530. The third kappa shape index (κ3) is 2.23. The van der Waals surface area contributed by atoms with Gasteiger partial charge in [-0.2, -0.15) is 0 Å². The summed E-state index contributed by atoms with van der Waals surface area (Å²) in [4.78, 5) is -0.610. The molecule has 0 bridgehead atoms. The zero-order chi connectivity index (χ0) is 9.19. The number of hydrogen-bond donors (Lipinski definition) is 1. The third-order valence-electron chi connectivity index (χ3n) is 1.77. The first kappa shape index (κ1) is 9.56. The van der Waals surface area contributed by atoms with Crippen molar-refractivity contribution >= 4 is 11.6 Å². The van der Waals surface area contributed by atoms with E-state index in [-0.39, 0.29) is 0 Å². The summed E-state index contributed by atoms with van der Waals surface area (Å²) in [7, 11) is 0. The van der Waals surface area contributed by atoms with E-state index in [4.69, 9.17) is 11.6 Å². The third-order valence-corrected chi connectivity index (χ3v) is 1.97. The van der Waals surface area contributed by atoms with E-state index >= 15 is 0 Å². The minimum Gasteiger partial charge on any atom is -0.387 e. The summed E-state index contributed by atoms with van der Waals surface area (Å²) in [5.41, 5.74) is 0.859. The Bertz CT molecular complexity index is 238. The van der Waals surface area contributed by atoms with Crippen molar-refractivity contribution in [1.29, 1.82) is 0 Å². The smallest absolute Gasteiger partial charge is 0.0976 e. The summed E-state index contributed by atoms with van der Waals surface area (Å²) >= 11 is 5.97. The van der Waals surface area contributed by atoms with Gasteiger partial charge in [0, 0.05) is 0 Å². The molecule has 0 saturated heterocycles. The van der Waals surface area contributed by atoms with E-state index in [0.29, 0.717) is 0 Å². The van der Waals surface area contributed by atoms with Crippen molar-refractivity contribution in [3.63, 3.8) is 0 Å². The van der Waals surface area contributed by atoms with Crippen molar-refractivity contribution < 1.29 is 5.11 Å². The minimum absolute atomic E-state index is 0.610. The lowest BCUT2D eigenvalue weighted by molar-refractivity contribution is 0.141. The van der Waals surface area contributed by atoms with Crippen molar-refractivity contribution in [1.82, 2.24) is 0 Å². The van der Waals surface area contributed by atoms with Crippen LogP contribution in [0.25, 0.3) is 0 Å². The maximum atomic E-state index is 9.73. The molecule has 1 rings (SSSR count). The Labute approximate surface area is 78.0 Å². The number of benzene rings is 1. The highest BCUT2D eigenvalue weighted by Crippen LogP contribution is 2.30. The molecule has 0 amide bonds. The van der Waals surface area contributed by atoms with E-state index in [0.717, 1.165) is 5.56 Å². The van der Waals surface area contributed by atoms with Crippen molar-refractivity contribution in [2.75, 3.05) is 0 Å². The second-order valence-corrected chi connectivity index (χ2v) is 4.35. The maximum absolute atomic E-state index is 9.73. The van der Waals surface area contributed by atoms with Gasteiger partial charge >= 0.3 is 0 Å². The molecule has 0 aliphatic carbocycles. The monoisotopic (exact) mass is 184 g/mol. The molecule has 1 N–H and O–H groups in total. The topological polar surface area (TPSA) is 20.2 Å². The van der Waals surface area contributed by atoms with Crippen LogP contribution in [-0.4, -0.2) is 9.98 Å². The quantitative estimate of drug-likeness (QED) is 0.701. The number of rotatable bonds is 2. The summed E-state index contributed by atoms with van der Waals surface area (Å²) in [5, 5.41) is 9.73. The average molecular weight is 185 g/mol. The average Bonchev–Trinajstić information content (AvgIpc) is 2.03. The van der Waals surface area contributed by atoms with Crippen LogP contribution in [0.4, 0.5) is 0 Å². The standard InChI is InChI=1S/C10H13ClO/c1-10(2,11)9(12)8-6-4-3-5-7-8/h3-7,9,12H,1-2H3. The molecular formula is C10H13ClO. The molecule has 66 valence electrons. The second kappa shape index (κ2) is 3.46. The van der Waals surface area contributed by atoms with Gasteiger partial charge in [-0.3, -0.25) is 0 Å². The molecule has 1 atom stereocenters. The molecule has 0 heterocycles. The van der Waals surface area contributed by atoms with Crippen LogP contribution in [-0.2, 0) is 0 Å². The first-order valence-electron chi connectivity index (χ1n) is 3.94. The Kier molecular flexibility index (Phi) is 2.76. The fourth-order valence-corrected chi connectivity index (χ4v) is 1.16. The number of aliphatic hydroxyl groups is 1. The van der Waals surface area contributed by atoms with Gasteiger partial charge in [0.2, 0.25) is 0 Å². The normalized spacial score (nSPS) is 14.3. The Morgan fingerprint density at radius 2 is 1.75 bits per heavy atom. The number of halogens is 1. The Morgan fingerprint density at radius 3 is 2.17 bits per heavy atom. The predicted octanol–water partition coefficient (Wildman–Crippen LogP) is 2.74. The van der Waals surface area contributed by atoms with Crippen molar-refractivity contribution in [3.05, 3.63) is 35.9 Å². The van der Waals surface area contributed by atoms with Gasteiger partial charge in [-0.1, -0.05) is 30.3 Å². The molecule has 2 heteroatoms. The summed E-state index contributed by atoms with van der Waals surface area (Å²) in [6.07, 6.45) is -0.611. The molecule has 0 spiro atoms. The fourth-order valence-electron chi connectivity index (χ4n) is 1.03. The lowest BCUT2D eigenvalue weighted by atomic mass is 9.99. The molecular weight excluding hydrogens is 172 g/mol. The van der Waals surface area contributed by atoms with Crippen LogP contribution >= 0.6 is 11.6 Å². The van der Waals surface area contributed by atoms with Gasteiger partial charge in [0.15, 0.2) is 0 Å². The van der Waals surface area contributed by atoms with Crippen LogP contribution in [0.5, 0.6) is 0 Å². The highest BCUT2D eigenvalue weighted by Gasteiger charge is 2.25. The molecule has 0 radical (unpaired) electrons. The molecule has 0 aromatic heterocycles. The lowest BCUT2D eigenvalue weighted by Gasteiger charge is -2.23. The highest BCUT2D eigenvalue weighted by molar-refractivity contribution is 6.23. The second-order valence-electron chi connectivity index (χ2n) is 3.38. The van der Waals surface area contributed by atoms with Gasteiger partial charge in [0.05, 0.1) is 11.0 Å². The van der Waals surface area contributed by atoms with E-state index < -0.39 is 11.0 Å². The molecule has 1 nitrogen and oxygen atoms in total. The molecule has 1 unspecified atom stereocenters. The van der Waals surface area contributed by atoms with Crippen LogP contribution in [0.1, 0.15) is 25.5 Å². The van der Waals surface area contributed by atoms with E-state index in [1.165, 1.54) is 0 Å². The van der Waals surface area contributed by atoms with Gasteiger partial charge in [0.25, 0.3) is 0 Å². The zero-order valence-corrected chi connectivity index (χ0v) is 8.05. The SMILES string of the molecule is CC(C)(Cl)C(O)c1ccccc1. The Balaban J connectivity index is 2.86. The largest absolute Gasteiger partial charge is 0.387 e. The van der Waals surface area contributed by atoms with Crippen molar-refractivity contribution in [2.24, 2.45) is 0 Å². The van der Waals surface area contributed by atoms with Crippen molar-refractivity contribution in [3.8, 4) is 0 Å². The maximum Gasteiger partial charge on any atom is 0.0976 e. The first-order chi connectivity index (χ1) is 5.52. The van der Waals surface area contributed by atoms with Crippen LogP contribution in [0, 0.1) is 0 Å². The van der Waals surface area contributed by atoms with Gasteiger partial charge in [-0.25, -0.2) is 0 Å². The fraction of sp³-hybridized carbons (Fsp3) is 0.400. The summed E-state index contributed by atoms with van der Waals surface area (Å²) < 4.78 is 0. The van der Waals surface area contributed by atoms with Crippen LogP contribution < -0.4 is 0 Å². The van der Waals surface area contributed by atoms with E-state index in [1.807, 2.05) is 30.3 Å². The summed E-state index contributed by atoms with van der Waals surface area (Å²) in [5.74, 6) is 0. The minimum atomic E-state index is -0.611. The predicted molar refractivity (Wildman–Crippen MR) is 51.3 cm³/mol. The summed E-state index contributed by atoms with van der Waals surface area (Å²) in [6, 6.07) is 9.43. The van der Waals surface area contributed by atoms with E-state index in [9.17, 15) is 5.11 Å².